The van der Waals surface area contributed by atoms with Gasteiger partial charge in [0.05, 0.1) is 6.04 Å². The first-order chi connectivity index (χ1) is 13.6. The first-order valence-electron chi connectivity index (χ1n) is 9.92. The maximum absolute atomic E-state index is 11.8. The van der Waals surface area contributed by atoms with Crippen molar-refractivity contribution in [3.05, 3.63) is 83.9 Å². The summed E-state index contributed by atoms with van der Waals surface area (Å²) in [5, 5.41) is 6.44. The monoisotopic (exact) mass is 368 g/mol. The molecule has 5 rings (SSSR count). The molecule has 1 aliphatic carbocycles. The maximum Gasteiger partial charge on any atom is 0.223 e. The largest absolute Gasteiger partial charge is 0.378 e. The SMILES string of the molecule is CC(=O)N(C)c1ccc2c(c1)C1C=CCC1C(c1cccc3ccccc13)N2. The minimum Gasteiger partial charge on any atom is -0.378 e. The summed E-state index contributed by atoms with van der Waals surface area (Å²) in [4.78, 5) is 13.5. The zero-order chi connectivity index (χ0) is 19.3. The van der Waals surface area contributed by atoms with Crippen molar-refractivity contribution < 1.29 is 4.79 Å². The van der Waals surface area contributed by atoms with Gasteiger partial charge in [-0.1, -0.05) is 54.6 Å². The van der Waals surface area contributed by atoms with Crippen LogP contribution in [0.2, 0.25) is 0 Å². The summed E-state index contributed by atoms with van der Waals surface area (Å²) in [7, 11) is 1.83. The summed E-state index contributed by atoms with van der Waals surface area (Å²) in [6.45, 7) is 1.60. The van der Waals surface area contributed by atoms with Crippen molar-refractivity contribution in [1.82, 2.24) is 0 Å². The van der Waals surface area contributed by atoms with Crippen LogP contribution in [0, 0.1) is 5.92 Å². The molecule has 1 heterocycles. The van der Waals surface area contributed by atoms with Gasteiger partial charge in [0.2, 0.25) is 5.91 Å². The average Bonchev–Trinajstić information content (AvgIpc) is 3.22. The van der Waals surface area contributed by atoms with Crippen LogP contribution in [0.15, 0.2) is 72.8 Å². The maximum atomic E-state index is 11.8. The lowest BCUT2D eigenvalue weighted by atomic mass is 9.76. The molecule has 3 aromatic rings. The molecule has 0 saturated carbocycles. The molecule has 0 spiro atoms. The molecule has 0 radical (unpaired) electrons. The molecule has 3 unspecified atom stereocenters. The van der Waals surface area contributed by atoms with Crippen LogP contribution < -0.4 is 10.2 Å². The number of allylic oxidation sites excluding steroid dienone is 2. The van der Waals surface area contributed by atoms with E-state index in [1.54, 1.807) is 11.8 Å². The van der Waals surface area contributed by atoms with Crippen molar-refractivity contribution >= 4 is 28.1 Å². The Kier molecular flexibility index (Phi) is 3.97. The number of fused-ring (bicyclic) bond motifs is 4. The summed E-state index contributed by atoms with van der Waals surface area (Å²) in [5.74, 6) is 0.910. The van der Waals surface area contributed by atoms with Gasteiger partial charge in [0.1, 0.15) is 0 Å². The standard InChI is InChI=1S/C25H24N2O/c1-16(28)27(2)18-13-14-24-23(15-18)20-10-6-12-22(20)25(26-24)21-11-5-8-17-7-3-4-9-19(17)21/h3-11,13-15,20,22,25-26H,12H2,1-2H3. The summed E-state index contributed by atoms with van der Waals surface area (Å²) in [6, 6.07) is 21.9. The Hall–Kier alpha value is -3.07. The highest BCUT2D eigenvalue weighted by molar-refractivity contribution is 5.91. The minimum absolute atomic E-state index is 0.0517. The highest BCUT2D eigenvalue weighted by Crippen LogP contribution is 2.51. The molecule has 0 fully saturated rings. The van der Waals surface area contributed by atoms with E-state index < -0.39 is 0 Å². The number of nitrogens with one attached hydrogen (secondary N) is 1. The molecule has 2 aliphatic rings. The summed E-state index contributed by atoms with van der Waals surface area (Å²) < 4.78 is 0. The molecule has 1 N–H and O–H groups in total. The van der Waals surface area contributed by atoms with Gasteiger partial charge in [0, 0.05) is 31.3 Å². The van der Waals surface area contributed by atoms with E-state index in [9.17, 15) is 4.79 Å². The van der Waals surface area contributed by atoms with Gasteiger partial charge < -0.3 is 10.2 Å². The first kappa shape index (κ1) is 17.1. The number of benzene rings is 3. The van der Waals surface area contributed by atoms with E-state index in [2.05, 4.69) is 72.1 Å². The molecule has 3 atom stereocenters. The average molecular weight is 368 g/mol. The van der Waals surface area contributed by atoms with Crippen molar-refractivity contribution in [2.24, 2.45) is 5.92 Å². The molecule has 3 aromatic carbocycles. The molecule has 3 heteroatoms. The second-order valence-electron chi connectivity index (χ2n) is 7.89. The van der Waals surface area contributed by atoms with Crippen LogP contribution >= 0.6 is 0 Å². The molecule has 1 aliphatic heterocycles. The van der Waals surface area contributed by atoms with Gasteiger partial charge in [-0.05, 0) is 52.4 Å². The van der Waals surface area contributed by atoms with E-state index in [0.717, 1.165) is 12.1 Å². The van der Waals surface area contributed by atoms with Crippen LogP contribution in [0.1, 0.15) is 36.4 Å². The van der Waals surface area contributed by atoms with Gasteiger partial charge in [0.15, 0.2) is 0 Å². The molecule has 0 saturated heterocycles. The number of carbonyl (C=O) groups is 1. The van der Waals surface area contributed by atoms with Crippen LogP contribution in [0.25, 0.3) is 10.8 Å². The quantitative estimate of drug-likeness (QED) is 0.593. The Morgan fingerprint density at radius 2 is 1.86 bits per heavy atom. The van der Waals surface area contributed by atoms with Crippen LogP contribution in [0.4, 0.5) is 11.4 Å². The van der Waals surface area contributed by atoms with E-state index in [1.807, 2.05) is 13.1 Å². The van der Waals surface area contributed by atoms with Gasteiger partial charge in [-0.3, -0.25) is 4.79 Å². The van der Waals surface area contributed by atoms with Crippen molar-refractivity contribution in [3.8, 4) is 0 Å². The molecule has 1 amide bonds. The highest BCUT2D eigenvalue weighted by atomic mass is 16.2. The van der Waals surface area contributed by atoms with E-state index >= 15 is 0 Å². The fourth-order valence-corrected chi connectivity index (χ4v) is 4.80. The fraction of sp³-hybridized carbons (Fsp3) is 0.240. The zero-order valence-corrected chi connectivity index (χ0v) is 16.2. The Bertz CT molecular complexity index is 1100. The van der Waals surface area contributed by atoms with Gasteiger partial charge in [-0.15, -0.1) is 0 Å². The van der Waals surface area contributed by atoms with Crippen molar-refractivity contribution in [2.75, 3.05) is 17.3 Å². The number of rotatable bonds is 2. The summed E-state index contributed by atoms with van der Waals surface area (Å²) >= 11 is 0. The number of hydrogen-bond acceptors (Lipinski definition) is 2. The predicted octanol–water partition coefficient (Wildman–Crippen LogP) is 5.65. The second-order valence-corrected chi connectivity index (χ2v) is 7.89. The lowest BCUT2D eigenvalue weighted by Gasteiger charge is -2.38. The van der Waals surface area contributed by atoms with Gasteiger partial charge in [0.25, 0.3) is 0 Å². The van der Waals surface area contributed by atoms with Gasteiger partial charge in [-0.2, -0.15) is 0 Å². The third kappa shape index (κ3) is 2.62. The summed E-state index contributed by atoms with van der Waals surface area (Å²) in [5.41, 5.74) is 4.79. The Labute approximate surface area is 165 Å². The smallest absolute Gasteiger partial charge is 0.223 e. The van der Waals surface area contributed by atoms with Crippen LogP contribution in [0.3, 0.4) is 0 Å². The molecule has 0 bridgehead atoms. The number of anilines is 2. The van der Waals surface area contributed by atoms with Crippen molar-refractivity contribution in [2.45, 2.75) is 25.3 Å². The van der Waals surface area contributed by atoms with E-state index in [1.165, 1.54) is 27.6 Å². The predicted molar refractivity (Wildman–Crippen MR) is 116 cm³/mol. The van der Waals surface area contributed by atoms with Crippen LogP contribution in [-0.2, 0) is 4.79 Å². The lowest BCUT2D eigenvalue weighted by Crippen LogP contribution is -2.30. The number of hydrogen-bond donors (Lipinski definition) is 1. The number of carbonyl (C=O) groups excluding carboxylic acids is 1. The van der Waals surface area contributed by atoms with Crippen molar-refractivity contribution in [3.63, 3.8) is 0 Å². The molecule has 140 valence electrons. The third-order valence-electron chi connectivity index (χ3n) is 6.36. The minimum atomic E-state index is 0.0517. The molecular formula is C25H24N2O. The van der Waals surface area contributed by atoms with E-state index in [-0.39, 0.29) is 11.9 Å². The first-order valence-corrected chi connectivity index (χ1v) is 9.92. The Morgan fingerprint density at radius 1 is 1.04 bits per heavy atom. The van der Waals surface area contributed by atoms with Gasteiger partial charge >= 0.3 is 0 Å². The number of amides is 1. The van der Waals surface area contributed by atoms with Crippen LogP contribution in [0.5, 0.6) is 0 Å². The Morgan fingerprint density at radius 3 is 2.71 bits per heavy atom. The van der Waals surface area contributed by atoms with E-state index in [0.29, 0.717) is 11.8 Å². The highest BCUT2D eigenvalue weighted by Gasteiger charge is 2.38. The van der Waals surface area contributed by atoms with Crippen molar-refractivity contribution in [1.29, 1.82) is 0 Å². The third-order valence-corrected chi connectivity index (χ3v) is 6.36. The van der Waals surface area contributed by atoms with Gasteiger partial charge in [-0.25, -0.2) is 0 Å². The molecule has 3 nitrogen and oxygen atoms in total. The fourth-order valence-electron chi connectivity index (χ4n) is 4.80. The lowest BCUT2D eigenvalue weighted by molar-refractivity contribution is -0.116. The second kappa shape index (κ2) is 6.52. The Balaban J connectivity index is 1.60. The molecule has 28 heavy (non-hydrogen) atoms. The number of nitrogens with zero attached hydrogens (tertiary/aromatic N) is 1. The molecular weight excluding hydrogens is 344 g/mol. The molecule has 0 aromatic heterocycles. The zero-order valence-electron chi connectivity index (χ0n) is 16.2. The van der Waals surface area contributed by atoms with E-state index in [4.69, 9.17) is 0 Å². The topological polar surface area (TPSA) is 32.3 Å². The normalized spacial score (nSPS) is 22.4. The van der Waals surface area contributed by atoms with Crippen LogP contribution in [-0.4, -0.2) is 13.0 Å². The summed E-state index contributed by atoms with van der Waals surface area (Å²) in [6.07, 6.45) is 5.73.